The Hall–Kier alpha value is -1.68. The van der Waals surface area contributed by atoms with Gasteiger partial charge in [-0.3, -0.25) is 0 Å². The van der Waals surface area contributed by atoms with Crippen LogP contribution in [0.4, 0.5) is 5.82 Å². The minimum absolute atomic E-state index is 0.892. The predicted molar refractivity (Wildman–Crippen MR) is 76.3 cm³/mol. The fraction of sp³-hybridized carbons (Fsp3) is 0.214. The van der Waals surface area contributed by atoms with E-state index in [9.17, 15) is 0 Å². The number of anilines is 1. The van der Waals surface area contributed by atoms with Gasteiger partial charge in [-0.05, 0) is 29.8 Å². The molecule has 94 valence electrons. The number of hydrogen-bond acceptors (Lipinski definition) is 4. The van der Waals surface area contributed by atoms with Crippen molar-refractivity contribution in [3.8, 4) is 5.75 Å². The molecule has 1 N–H and O–H groups in total. The average Bonchev–Trinajstić information content (AvgIpc) is 2.46. The van der Waals surface area contributed by atoms with E-state index in [0.29, 0.717) is 0 Å². The predicted octanol–water partition coefficient (Wildman–Crippen LogP) is 3.42. The third kappa shape index (κ3) is 3.40. The van der Waals surface area contributed by atoms with Crippen molar-refractivity contribution in [2.75, 3.05) is 19.5 Å². The molecule has 0 spiro atoms. The van der Waals surface area contributed by atoms with Gasteiger partial charge < -0.3 is 10.1 Å². The number of rotatable bonds is 5. The monoisotopic (exact) mass is 260 g/mol. The third-order valence-corrected chi connectivity index (χ3v) is 3.59. The molecule has 2 aromatic rings. The van der Waals surface area contributed by atoms with Gasteiger partial charge in [-0.2, -0.15) is 0 Å². The lowest BCUT2D eigenvalue weighted by Gasteiger charge is -2.05. The van der Waals surface area contributed by atoms with Gasteiger partial charge in [0.2, 0.25) is 0 Å². The van der Waals surface area contributed by atoms with Crippen LogP contribution < -0.4 is 10.1 Å². The van der Waals surface area contributed by atoms with Gasteiger partial charge >= 0.3 is 0 Å². The van der Waals surface area contributed by atoms with E-state index in [1.165, 1.54) is 10.5 Å². The molecule has 0 radical (unpaired) electrons. The minimum atomic E-state index is 0.892. The Morgan fingerprint density at radius 1 is 1.28 bits per heavy atom. The smallest absolute Gasteiger partial charge is 0.125 e. The van der Waals surface area contributed by atoms with E-state index in [1.54, 1.807) is 18.9 Å². The number of benzene rings is 1. The number of thioether (sulfide) groups is 1. The number of nitrogens with one attached hydrogen (secondary N) is 1. The van der Waals surface area contributed by atoms with E-state index in [0.717, 1.165) is 17.3 Å². The fourth-order valence-electron chi connectivity index (χ4n) is 1.52. The van der Waals surface area contributed by atoms with Crippen LogP contribution in [0.1, 0.15) is 5.56 Å². The van der Waals surface area contributed by atoms with Crippen molar-refractivity contribution >= 4 is 17.6 Å². The lowest BCUT2D eigenvalue weighted by atomic mass is 10.3. The largest absolute Gasteiger partial charge is 0.497 e. The minimum Gasteiger partial charge on any atom is -0.497 e. The molecule has 18 heavy (non-hydrogen) atoms. The van der Waals surface area contributed by atoms with Crippen LogP contribution in [0.3, 0.4) is 0 Å². The molecule has 1 heterocycles. The molecule has 0 atom stereocenters. The Balaban J connectivity index is 1.97. The quantitative estimate of drug-likeness (QED) is 0.835. The summed E-state index contributed by atoms with van der Waals surface area (Å²) in [5.41, 5.74) is 1.21. The maximum absolute atomic E-state index is 5.20. The summed E-state index contributed by atoms with van der Waals surface area (Å²) in [6.07, 6.45) is 1.90. The first kappa shape index (κ1) is 12.8. The van der Waals surface area contributed by atoms with Gasteiger partial charge in [0.25, 0.3) is 0 Å². The summed E-state index contributed by atoms with van der Waals surface area (Å²) in [6.45, 7) is 0. The Labute approximate surface area is 112 Å². The van der Waals surface area contributed by atoms with Gasteiger partial charge in [0.1, 0.15) is 11.6 Å². The fourth-order valence-corrected chi connectivity index (χ4v) is 2.39. The molecule has 4 heteroatoms. The van der Waals surface area contributed by atoms with E-state index in [2.05, 4.69) is 22.4 Å². The Morgan fingerprint density at radius 3 is 2.83 bits per heavy atom. The first-order valence-electron chi connectivity index (χ1n) is 5.71. The van der Waals surface area contributed by atoms with Gasteiger partial charge in [-0.25, -0.2) is 4.98 Å². The standard InChI is InChI=1S/C14H16N2OS/c1-15-14-7-6-11(9-16-14)10-18-13-5-3-4-12(8-13)17-2/h3-9H,10H2,1-2H3,(H,15,16). The van der Waals surface area contributed by atoms with Crippen LogP contribution >= 0.6 is 11.8 Å². The van der Waals surface area contributed by atoms with Gasteiger partial charge in [-0.1, -0.05) is 12.1 Å². The van der Waals surface area contributed by atoms with Crippen molar-refractivity contribution in [2.24, 2.45) is 0 Å². The van der Waals surface area contributed by atoms with Gasteiger partial charge in [0, 0.05) is 23.9 Å². The Bertz CT molecular complexity index is 499. The van der Waals surface area contributed by atoms with Gasteiger partial charge in [-0.15, -0.1) is 11.8 Å². The molecule has 0 saturated carbocycles. The maximum atomic E-state index is 5.20. The summed E-state index contributed by atoms with van der Waals surface area (Å²) >= 11 is 1.78. The second-order valence-corrected chi connectivity index (χ2v) is 4.82. The topological polar surface area (TPSA) is 34.1 Å². The summed E-state index contributed by atoms with van der Waals surface area (Å²) in [5.74, 6) is 2.69. The van der Waals surface area contributed by atoms with Gasteiger partial charge in [0.15, 0.2) is 0 Å². The maximum Gasteiger partial charge on any atom is 0.125 e. The number of hydrogen-bond donors (Lipinski definition) is 1. The zero-order valence-corrected chi connectivity index (χ0v) is 11.3. The van der Waals surface area contributed by atoms with Crippen LogP contribution in [-0.2, 0) is 5.75 Å². The molecule has 0 aliphatic heterocycles. The van der Waals surface area contributed by atoms with Crippen molar-refractivity contribution in [1.29, 1.82) is 0 Å². The highest BCUT2D eigenvalue weighted by Crippen LogP contribution is 2.25. The van der Waals surface area contributed by atoms with E-state index in [-0.39, 0.29) is 0 Å². The van der Waals surface area contributed by atoms with E-state index in [4.69, 9.17) is 4.74 Å². The van der Waals surface area contributed by atoms with E-state index >= 15 is 0 Å². The Kier molecular flexibility index (Phi) is 4.47. The number of aromatic nitrogens is 1. The summed E-state index contributed by atoms with van der Waals surface area (Å²) in [7, 11) is 3.55. The summed E-state index contributed by atoms with van der Waals surface area (Å²) in [5, 5.41) is 3.01. The molecule has 0 aliphatic rings. The molecule has 0 unspecified atom stereocenters. The van der Waals surface area contributed by atoms with Crippen molar-refractivity contribution < 1.29 is 4.74 Å². The lowest BCUT2D eigenvalue weighted by molar-refractivity contribution is 0.413. The highest BCUT2D eigenvalue weighted by molar-refractivity contribution is 7.98. The molecule has 2 rings (SSSR count). The first-order valence-corrected chi connectivity index (χ1v) is 6.70. The molecular formula is C14H16N2OS. The molecule has 1 aromatic heterocycles. The lowest BCUT2D eigenvalue weighted by Crippen LogP contribution is -1.92. The Morgan fingerprint density at radius 2 is 2.17 bits per heavy atom. The number of pyridine rings is 1. The highest BCUT2D eigenvalue weighted by Gasteiger charge is 1.99. The number of methoxy groups -OCH3 is 1. The van der Waals surface area contributed by atoms with Crippen molar-refractivity contribution in [3.63, 3.8) is 0 Å². The zero-order chi connectivity index (χ0) is 12.8. The summed E-state index contributed by atoms with van der Waals surface area (Å²) in [6, 6.07) is 12.2. The van der Waals surface area contributed by atoms with Crippen molar-refractivity contribution in [1.82, 2.24) is 4.98 Å². The van der Waals surface area contributed by atoms with Crippen LogP contribution in [0.5, 0.6) is 5.75 Å². The van der Waals surface area contributed by atoms with E-state index < -0.39 is 0 Å². The molecule has 0 amide bonds. The summed E-state index contributed by atoms with van der Waals surface area (Å²) < 4.78 is 5.20. The normalized spacial score (nSPS) is 10.1. The second-order valence-electron chi connectivity index (χ2n) is 3.77. The average molecular weight is 260 g/mol. The van der Waals surface area contributed by atoms with Crippen molar-refractivity contribution in [2.45, 2.75) is 10.6 Å². The first-order chi connectivity index (χ1) is 8.81. The third-order valence-electron chi connectivity index (χ3n) is 2.53. The van der Waals surface area contributed by atoms with Crippen LogP contribution in [0, 0.1) is 0 Å². The van der Waals surface area contributed by atoms with Crippen molar-refractivity contribution in [3.05, 3.63) is 48.2 Å². The molecule has 3 nitrogen and oxygen atoms in total. The van der Waals surface area contributed by atoms with Crippen LogP contribution in [-0.4, -0.2) is 19.1 Å². The van der Waals surface area contributed by atoms with Crippen LogP contribution in [0.15, 0.2) is 47.5 Å². The number of nitrogens with zero attached hydrogens (tertiary/aromatic N) is 1. The SMILES string of the molecule is CNc1ccc(CSc2cccc(OC)c2)cn1. The highest BCUT2D eigenvalue weighted by atomic mass is 32.2. The molecule has 0 aliphatic carbocycles. The number of ether oxygens (including phenoxy) is 1. The van der Waals surface area contributed by atoms with Crippen LogP contribution in [0.25, 0.3) is 0 Å². The van der Waals surface area contributed by atoms with E-state index in [1.807, 2.05) is 37.5 Å². The van der Waals surface area contributed by atoms with Crippen LogP contribution in [0.2, 0.25) is 0 Å². The summed E-state index contributed by atoms with van der Waals surface area (Å²) in [4.78, 5) is 5.50. The molecular weight excluding hydrogens is 244 g/mol. The molecule has 0 fully saturated rings. The second kappa shape index (κ2) is 6.31. The molecule has 0 saturated heterocycles. The molecule has 0 bridgehead atoms. The molecule has 1 aromatic carbocycles. The van der Waals surface area contributed by atoms with Gasteiger partial charge in [0.05, 0.1) is 7.11 Å². The zero-order valence-electron chi connectivity index (χ0n) is 10.5.